The number of hydrogen-bond acceptors (Lipinski definition) is 0. The molecule has 0 spiro atoms. The lowest BCUT2D eigenvalue weighted by Gasteiger charge is -1.83. The molecule has 4 N–H and O–H groups in total. The summed E-state index contributed by atoms with van der Waals surface area (Å²) < 4.78 is 0. The van der Waals surface area contributed by atoms with E-state index in [-0.39, 0.29) is 0 Å². The Kier molecular flexibility index (Phi) is 1.59. The highest BCUT2D eigenvalue weighted by molar-refractivity contribution is 5.04. The van der Waals surface area contributed by atoms with Crippen LogP contribution in [0.1, 0.15) is 5.56 Å². The summed E-state index contributed by atoms with van der Waals surface area (Å²) in [7, 11) is 0. The van der Waals surface area contributed by atoms with E-state index in [0.717, 1.165) is 6.54 Å². The zero-order chi connectivity index (χ0) is 5.82. The van der Waals surface area contributed by atoms with Gasteiger partial charge in [0.1, 0.15) is 6.54 Å². The third-order valence-corrected chi connectivity index (χ3v) is 1.08. The van der Waals surface area contributed by atoms with Crippen LogP contribution >= 0.6 is 0 Å². The van der Waals surface area contributed by atoms with E-state index in [0.29, 0.717) is 0 Å². The van der Waals surface area contributed by atoms with Gasteiger partial charge in [-0.3, -0.25) is 0 Å². The van der Waals surface area contributed by atoms with Gasteiger partial charge in [0, 0.05) is 17.7 Å². The molecule has 0 aliphatic rings. The summed E-state index contributed by atoms with van der Waals surface area (Å²) >= 11 is 0. The van der Waals surface area contributed by atoms with Crippen LogP contribution in [-0.4, -0.2) is 0 Å². The maximum atomic E-state index is 3.74. The Bertz CT molecular complexity index is 148. The lowest BCUT2D eigenvalue weighted by molar-refractivity contribution is -0.391. The largest absolute Gasteiger partial charge is 0.354 e. The van der Waals surface area contributed by atoms with E-state index in [9.17, 15) is 0 Å². The second-order valence-corrected chi connectivity index (χ2v) is 1.66. The maximum absolute atomic E-state index is 3.74. The minimum Gasteiger partial charge on any atom is -0.354 e. The molecular weight excluding hydrogens is 100 g/mol. The topological polar surface area (TPSA) is 41.8 Å². The normalized spacial score (nSPS) is 9.12. The van der Waals surface area contributed by atoms with Crippen LogP contribution in [0.4, 0.5) is 0 Å². The number of rotatable bonds is 1. The number of quaternary nitrogens is 1. The summed E-state index contributed by atoms with van der Waals surface area (Å²) in [4.78, 5) is 2.94. The molecule has 0 amide bonds. The van der Waals surface area contributed by atoms with Gasteiger partial charge >= 0.3 is 0 Å². The summed E-state index contributed by atoms with van der Waals surface area (Å²) in [6, 6.07) is 4.04. The highest BCUT2D eigenvalue weighted by atomic mass is 14.6. The van der Waals surface area contributed by atoms with Gasteiger partial charge in [0.2, 0.25) is 0 Å². The first kappa shape index (κ1) is 5.25. The Balaban J connectivity index is 2.83. The van der Waals surface area contributed by atoms with Crippen molar-refractivity contribution in [2.75, 3.05) is 0 Å². The minimum absolute atomic E-state index is 0.870. The third kappa shape index (κ3) is 1.04. The highest BCUT2D eigenvalue weighted by Crippen LogP contribution is 1.87. The van der Waals surface area contributed by atoms with Gasteiger partial charge < -0.3 is 5.73 Å². The number of aromatic amines is 1. The standard InChI is InChI=1S/C6H8N2/c7-5-6-1-3-8-4-2-6/h1-4H,5,7H2/p+2. The first-order valence-electron chi connectivity index (χ1n) is 2.67. The number of hydrogen-bond donors (Lipinski definition) is 1. The summed E-state index contributed by atoms with van der Waals surface area (Å²) in [5.74, 6) is 0. The lowest BCUT2D eigenvalue weighted by atomic mass is 10.3. The Labute approximate surface area is 48.4 Å². The maximum Gasteiger partial charge on any atom is 0.167 e. The van der Waals surface area contributed by atoms with Crippen molar-refractivity contribution in [3.05, 3.63) is 30.1 Å². The molecule has 0 unspecified atom stereocenters. The predicted octanol–water partition coefficient (Wildman–Crippen LogP) is -0.757. The average molecular weight is 110 g/mol. The molecule has 8 heavy (non-hydrogen) atoms. The van der Waals surface area contributed by atoms with Gasteiger partial charge in [-0.2, -0.15) is 0 Å². The van der Waals surface area contributed by atoms with Crippen LogP contribution in [0.5, 0.6) is 0 Å². The van der Waals surface area contributed by atoms with Crippen molar-refractivity contribution in [3.8, 4) is 0 Å². The molecule has 0 bridgehead atoms. The van der Waals surface area contributed by atoms with Crippen LogP contribution < -0.4 is 10.7 Å². The molecule has 2 nitrogen and oxygen atoms in total. The van der Waals surface area contributed by atoms with Gasteiger partial charge in [0.25, 0.3) is 0 Å². The molecule has 0 radical (unpaired) electrons. The van der Waals surface area contributed by atoms with Crippen molar-refractivity contribution in [3.63, 3.8) is 0 Å². The van der Waals surface area contributed by atoms with Crippen LogP contribution in [0, 0.1) is 0 Å². The summed E-state index contributed by atoms with van der Waals surface area (Å²) in [5, 5.41) is 0. The first-order chi connectivity index (χ1) is 3.93. The molecule has 0 aromatic carbocycles. The Morgan fingerprint density at radius 3 is 2.38 bits per heavy atom. The fourth-order valence-corrected chi connectivity index (χ4v) is 0.588. The highest BCUT2D eigenvalue weighted by Gasteiger charge is 1.87. The van der Waals surface area contributed by atoms with Gasteiger partial charge in [-0.25, -0.2) is 4.98 Å². The molecule has 0 aliphatic heterocycles. The van der Waals surface area contributed by atoms with Gasteiger partial charge in [-0.05, 0) is 0 Å². The summed E-state index contributed by atoms with van der Waals surface area (Å²) in [5.41, 5.74) is 5.01. The van der Waals surface area contributed by atoms with E-state index in [4.69, 9.17) is 0 Å². The predicted molar refractivity (Wildman–Crippen MR) is 29.6 cm³/mol. The monoisotopic (exact) mass is 110 g/mol. The van der Waals surface area contributed by atoms with E-state index in [1.165, 1.54) is 5.56 Å². The van der Waals surface area contributed by atoms with Gasteiger partial charge in [0.05, 0.1) is 0 Å². The van der Waals surface area contributed by atoms with Crippen molar-refractivity contribution in [1.82, 2.24) is 0 Å². The quantitative estimate of drug-likeness (QED) is 0.494. The molecule has 1 heterocycles. The van der Waals surface area contributed by atoms with E-state index >= 15 is 0 Å². The second kappa shape index (κ2) is 2.43. The zero-order valence-corrected chi connectivity index (χ0v) is 4.72. The lowest BCUT2D eigenvalue weighted by Crippen LogP contribution is -2.47. The molecule has 1 aromatic heterocycles. The number of aromatic nitrogens is 1. The Hall–Kier alpha value is -0.890. The molecule has 0 aliphatic carbocycles. The number of nitrogens with one attached hydrogen (secondary N) is 1. The minimum atomic E-state index is 0.870. The molecular formula is C6H10N2+2. The zero-order valence-electron chi connectivity index (χ0n) is 4.72. The van der Waals surface area contributed by atoms with Crippen LogP contribution in [0.15, 0.2) is 24.5 Å². The van der Waals surface area contributed by atoms with Crippen molar-refractivity contribution in [2.45, 2.75) is 6.54 Å². The third-order valence-electron chi connectivity index (χ3n) is 1.08. The van der Waals surface area contributed by atoms with Crippen molar-refractivity contribution < 1.29 is 10.7 Å². The van der Waals surface area contributed by atoms with Gasteiger partial charge in [0.15, 0.2) is 12.4 Å². The van der Waals surface area contributed by atoms with E-state index in [2.05, 4.69) is 10.7 Å². The van der Waals surface area contributed by atoms with E-state index in [1.807, 2.05) is 24.5 Å². The molecule has 0 fully saturated rings. The van der Waals surface area contributed by atoms with Crippen LogP contribution in [0.3, 0.4) is 0 Å². The fraction of sp³-hybridized carbons (Fsp3) is 0.167. The second-order valence-electron chi connectivity index (χ2n) is 1.66. The molecule has 1 rings (SSSR count). The smallest absolute Gasteiger partial charge is 0.167 e. The fourth-order valence-electron chi connectivity index (χ4n) is 0.588. The van der Waals surface area contributed by atoms with Crippen LogP contribution in [0.2, 0.25) is 0 Å². The van der Waals surface area contributed by atoms with E-state index < -0.39 is 0 Å². The summed E-state index contributed by atoms with van der Waals surface area (Å²) in [6.07, 6.45) is 3.81. The average Bonchev–Trinajstić information content (AvgIpc) is 1.90. The molecule has 2 heteroatoms. The van der Waals surface area contributed by atoms with Crippen molar-refractivity contribution in [1.29, 1.82) is 0 Å². The molecule has 0 atom stereocenters. The molecule has 0 saturated carbocycles. The van der Waals surface area contributed by atoms with Crippen LogP contribution in [-0.2, 0) is 6.54 Å². The number of pyridine rings is 1. The SMILES string of the molecule is [NH3+]Cc1cc[nH+]cc1. The molecule has 0 saturated heterocycles. The first-order valence-corrected chi connectivity index (χ1v) is 2.67. The van der Waals surface area contributed by atoms with Crippen molar-refractivity contribution >= 4 is 0 Å². The van der Waals surface area contributed by atoms with E-state index in [1.54, 1.807) is 0 Å². The van der Waals surface area contributed by atoms with Gasteiger partial charge in [-0.1, -0.05) is 0 Å². The van der Waals surface area contributed by atoms with Crippen LogP contribution in [0.25, 0.3) is 0 Å². The van der Waals surface area contributed by atoms with Crippen molar-refractivity contribution in [2.24, 2.45) is 0 Å². The number of H-pyrrole nitrogens is 1. The Morgan fingerprint density at radius 2 is 2.00 bits per heavy atom. The Morgan fingerprint density at radius 1 is 1.38 bits per heavy atom. The summed E-state index contributed by atoms with van der Waals surface area (Å²) in [6.45, 7) is 0.870. The van der Waals surface area contributed by atoms with Gasteiger partial charge in [-0.15, -0.1) is 0 Å². The molecule has 1 aromatic rings. The molecule has 42 valence electrons.